The number of ether oxygens (including phenoxy) is 4. The molecule has 47 heavy (non-hydrogen) atoms. The van der Waals surface area contributed by atoms with Crippen LogP contribution in [0.15, 0.2) is 70.5 Å². The van der Waals surface area contributed by atoms with E-state index in [0.29, 0.717) is 35.2 Å². The lowest BCUT2D eigenvalue weighted by molar-refractivity contribution is -0.126. The Kier molecular flexibility index (Phi) is 10.4. The Morgan fingerprint density at radius 2 is 1.64 bits per heavy atom. The molecule has 0 spiro atoms. The van der Waals surface area contributed by atoms with E-state index in [2.05, 4.69) is 5.32 Å². The SMILES string of the molecule is CCOc1ccc(S(=O)(=O)N2Cc3ccccc3CC2C(=O)NCCN2C(=O)S/C(=C\c3cc(OC)c(OC)c(OC)c3)C2=O)cc1. The number of nitrogens with one attached hydrogen (secondary N) is 1. The van der Waals surface area contributed by atoms with E-state index >= 15 is 0 Å². The third kappa shape index (κ3) is 7.09. The molecule has 3 amide bonds. The first-order valence-corrected chi connectivity index (χ1v) is 17.0. The molecule has 1 saturated heterocycles. The molecule has 1 atom stereocenters. The van der Waals surface area contributed by atoms with Crippen LogP contribution in [0, 0.1) is 0 Å². The number of amides is 3. The smallest absolute Gasteiger partial charge is 0.293 e. The summed E-state index contributed by atoms with van der Waals surface area (Å²) in [6, 6.07) is 15.7. The highest BCUT2D eigenvalue weighted by Gasteiger charge is 2.40. The fourth-order valence-electron chi connectivity index (χ4n) is 5.42. The van der Waals surface area contributed by atoms with Crippen molar-refractivity contribution in [2.45, 2.75) is 30.8 Å². The Hall–Kier alpha value is -4.53. The van der Waals surface area contributed by atoms with Crippen LogP contribution in [0.3, 0.4) is 0 Å². The van der Waals surface area contributed by atoms with E-state index < -0.39 is 33.1 Å². The van der Waals surface area contributed by atoms with E-state index in [4.69, 9.17) is 18.9 Å². The van der Waals surface area contributed by atoms with Crippen molar-refractivity contribution in [3.63, 3.8) is 0 Å². The molecule has 0 saturated carbocycles. The summed E-state index contributed by atoms with van der Waals surface area (Å²) in [7, 11) is 0.356. The number of fused-ring (bicyclic) bond motifs is 1. The van der Waals surface area contributed by atoms with Gasteiger partial charge in [-0.15, -0.1) is 0 Å². The lowest BCUT2D eigenvalue weighted by Crippen LogP contribution is -2.53. The van der Waals surface area contributed by atoms with Crippen LogP contribution in [-0.2, 0) is 32.6 Å². The summed E-state index contributed by atoms with van der Waals surface area (Å²) in [6.07, 6.45) is 1.72. The van der Waals surface area contributed by atoms with Crippen molar-refractivity contribution in [3.05, 3.63) is 82.3 Å². The number of hydrogen-bond donors (Lipinski definition) is 1. The second-order valence-corrected chi connectivity index (χ2v) is 13.4. The quantitative estimate of drug-likeness (QED) is 0.278. The zero-order valence-electron chi connectivity index (χ0n) is 26.3. The number of thioether (sulfide) groups is 1. The first-order valence-electron chi connectivity index (χ1n) is 14.8. The lowest BCUT2D eigenvalue weighted by atomic mass is 9.95. The molecule has 5 rings (SSSR count). The van der Waals surface area contributed by atoms with Gasteiger partial charge in [0.1, 0.15) is 11.8 Å². The van der Waals surface area contributed by atoms with Crippen molar-refractivity contribution in [3.8, 4) is 23.0 Å². The van der Waals surface area contributed by atoms with E-state index in [1.165, 1.54) is 37.8 Å². The molecule has 3 aromatic rings. The van der Waals surface area contributed by atoms with Crippen LogP contribution >= 0.6 is 11.8 Å². The van der Waals surface area contributed by atoms with Crippen LogP contribution in [0.1, 0.15) is 23.6 Å². The molecule has 0 radical (unpaired) electrons. The Labute approximate surface area is 277 Å². The van der Waals surface area contributed by atoms with E-state index in [0.717, 1.165) is 27.8 Å². The number of nitrogens with zero attached hydrogens (tertiary/aromatic N) is 2. The fourth-order valence-corrected chi connectivity index (χ4v) is 7.85. The number of imide groups is 1. The van der Waals surface area contributed by atoms with Gasteiger partial charge in [-0.3, -0.25) is 19.3 Å². The van der Waals surface area contributed by atoms with E-state index in [1.54, 1.807) is 30.3 Å². The number of carbonyl (C=O) groups is 3. The molecule has 3 aromatic carbocycles. The topological polar surface area (TPSA) is 141 Å². The highest BCUT2D eigenvalue weighted by Crippen LogP contribution is 2.40. The average Bonchev–Trinajstić information content (AvgIpc) is 3.34. The lowest BCUT2D eigenvalue weighted by Gasteiger charge is -2.35. The number of carbonyl (C=O) groups excluding carboxylic acids is 3. The molecule has 12 nitrogen and oxygen atoms in total. The minimum absolute atomic E-state index is 0.0125. The number of hydrogen-bond acceptors (Lipinski definition) is 10. The Morgan fingerprint density at radius 1 is 0.979 bits per heavy atom. The molecule has 2 aliphatic heterocycles. The minimum atomic E-state index is -4.08. The van der Waals surface area contributed by atoms with Crippen LogP contribution < -0.4 is 24.3 Å². The third-order valence-corrected chi connectivity index (χ3v) is 10.5. The minimum Gasteiger partial charge on any atom is -0.494 e. The maximum Gasteiger partial charge on any atom is 0.293 e. The predicted octanol–water partition coefficient (Wildman–Crippen LogP) is 4.08. The zero-order valence-corrected chi connectivity index (χ0v) is 28.0. The van der Waals surface area contributed by atoms with Crippen LogP contribution in [-0.4, -0.2) is 81.7 Å². The second-order valence-electron chi connectivity index (χ2n) is 10.5. The van der Waals surface area contributed by atoms with Gasteiger partial charge in [0.2, 0.25) is 21.7 Å². The van der Waals surface area contributed by atoms with Crippen molar-refractivity contribution < 1.29 is 41.7 Å². The van der Waals surface area contributed by atoms with E-state index in [1.807, 2.05) is 31.2 Å². The standard InChI is InChI=1S/C33H35N3O9S2/c1-5-45-24-10-12-25(13-11-24)47(40,41)36-20-23-9-7-6-8-22(23)19-26(36)31(37)34-14-15-35-32(38)29(46-33(35)39)18-21-16-27(42-2)30(44-4)28(17-21)43-3/h6-13,16-18,26H,5,14-15,19-20H2,1-4H3,(H,34,37)/b29-18-. The van der Waals surface area contributed by atoms with Crippen molar-refractivity contribution in [2.75, 3.05) is 41.0 Å². The molecule has 1 unspecified atom stereocenters. The molecule has 1 fully saturated rings. The summed E-state index contributed by atoms with van der Waals surface area (Å²) < 4.78 is 50.4. The third-order valence-electron chi connectivity index (χ3n) is 7.74. The van der Waals surface area contributed by atoms with Gasteiger partial charge < -0.3 is 24.3 Å². The number of benzene rings is 3. The molecule has 0 aromatic heterocycles. The maximum atomic E-state index is 13.8. The highest BCUT2D eigenvalue weighted by atomic mass is 32.2. The Balaban J connectivity index is 1.30. The summed E-state index contributed by atoms with van der Waals surface area (Å²) in [5.74, 6) is 0.662. The average molecular weight is 682 g/mol. The monoisotopic (exact) mass is 681 g/mol. The van der Waals surface area contributed by atoms with Gasteiger partial charge in [0.25, 0.3) is 11.1 Å². The number of rotatable bonds is 12. The summed E-state index contributed by atoms with van der Waals surface area (Å²) in [5, 5.41) is 2.26. The first kappa shape index (κ1) is 33.8. The van der Waals surface area contributed by atoms with E-state index in [9.17, 15) is 22.8 Å². The summed E-state index contributed by atoms with van der Waals surface area (Å²) in [6.45, 7) is 2.12. The molecular formula is C33H35N3O9S2. The molecule has 14 heteroatoms. The van der Waals surface area contributed by atoms with Crippen LogP contribution in [0.4, 0.5) is 4.79 Å². The molecule has 1 N–H and O–H groups in total. The largest absolute Gasteiger partial charge is 0.494 e. The van der Waals surface area contributed by atoms with Crippen LogP contribution in [0.5, 0.6) is 23.0 Å². The van der Waals surface area contributed by atoms with Gasteiger partial charge in [0.05, 0.1) is 37.7 Å². The zero-order chi connectivity index (χ0) is 33.7. The van der Waals surface area contributed by atoms with Crippen molar-refractivity contribution >= 4 is 44.9 Å². The molecule has 248 valence electrons. The Morgan fingerprint density at radius 3 is 2.26 bits per heavy atom. The van der Waals surface area contributed by atoms with E-state index in [-0.39, 0.29) is 35.9 Å². The van der Waals surface area contributed by atoms with Crippen molar-refractivity contribution in [1.82, 2.24) is 14.5 Å². The van der Waals surface area contributed by atoms with Gasteiger partial charge in [-0.2, -0.15) is 4.31 Å². The van der Waals surface area contributed by atoms with Crippen molar-refractivity contribution in [2.24, 2.45) is 0 Å². The van der Waals surface area contributed by atoms with Gasteiger partial charge >= 0.3 is 0 Å². The molecule has 2 heterocycles. The van der Waals surface area contributed by atoms with Gasteiger partial charge in [0.15, 0.2) is 11.5 Å². The molecule has 2 aliphatic rings. The number of methoxy groups -OCH3 is 3. The first-order chi connectivity index (χ1) is 22.6. The van der Waals surface area contributed by atoms with Crippen LogP contribution in [0.2, 0.25) is 0 Å². The maximum absolute atomic E-state index is 13.8. The van der Waals surface area contributed by atoms with Gasteiger partial charge in [0, 0.05) is 19.6 Å². The second kappa shape index (κ2) is 14.5. The molecule has 0 bridgehead atoms. The normalized spacial score (nSPS) is 17.4. The molecule has 0 aliphatic carbocycles. The summed E-state index contributed by atoms with van der Waals surface area (Å²) in [4.78, 5) is 40.8. The fraction of sp³-hybridized carbons (Fsp3) is 0.303. The summed E-state index contributed by atoms with van der Waals surface area (Å²) in [5.41, 5.74) is 2.24. The van der Waals surface area contributed by atoms with Gasteiger partial charge in [-0.05, 0) is 84.3 Å². The van der Waals surface area contributed by atoms with Crippen molar-refractivity contribution in [1.29, 1.82) is 0 Å². The molecular weight excluding hydrogens is 647 g/mol. The number of sulfonamides is 1. The predicted molar refractivity (Wildman–Crippen MR) is 176 cm³/mol. The highest BCUT2D eigenvalue weighted by molar-refractivity contribution is 8.18. The summed E-state index contributed by atoms with van der Waals surface area (Å²) >= 11 is 0.774. The Bertz CT molecular complexity index is 1780. The van der Waals surface area contributed by atoms with Crippen LogP contribution in [0.25, 0.3) is 6.08 Å². The van der Waals surface area contributed by atoms with Gasteiger partial charge in [-0.1, -0.05) is 24.3 Å². The van der Waals surface area contributed by atoms with Gasteiger partial charge in [-0.25, -0.2) is 8.42 Å².